The van der Waals surface area contributed by atoms with E-state index in [0.717, 1.165) is 43.1 Å². The van der Waals surface area contributed by atoms with Crippen LogP contribution in [0.4, 0.5) is 5.69 Å². The number of hydrogen-bond donors (Lipinski definition) is 1. The lowest BCUT2D eigenvalue weighted by atomic mass is 9.78. The fraction of sp³-hybridized carbons (Fsp3) is 0.600. The van der Waals surface area contributed by atoms with Gasteiger partial charge in [0.15, 0.2) is 0 Å². The molecule has 1 N–H and O–H groups in total. The quantitative estimate of drug-likeness (QED) is 0.880. The number of benzene rings is 1. The van der Waals surface area contributed by atoms with E-state index < -0.39 is 11.9 Å². The summed E-state index contributed by atoms with van der Waals surface area (Å²) in [6.45, 7) is 4.86. The van der Waals surface area contributed by atoms with Crippen molar-refractivity contribution in [1.29, 1.82) is 0 Å². The van der Waals surface area contributed by atoms with Crippen molar-refractivity contribution in [2.45, 2.75) is 26.2 Å². The third kappa shape index (κ3) is 2.96. The van der Waals surface area contributed by atoms with E-state index in [0.29, 0.717) is 13.1 Å². The predicted octanol–water partition coefficient (Wildman–Crippen LogP) is 3.04. The number of carboxylic acids is 1. The molecule has 1 aliphatic heterocycles. The van der Waals surface area contributed by atoms with Gasteiger partial charge in [0.25, 0.3) is 0 Å². The van der Waals surface area contributed by atoms with Crippen molar-refractivity contribution >= 4 is 29.2 Å². The number of fused-ring (bicyclic) bond motifs is 2. The number of carbonyl (C=O) groups excluding carboxylic acids is 1. The number of halogens is 1. The van der Waals surface area contributed by atoms with Crippen molar-refractivity contribution in [1.82, 2.24) is 4.90 Å². The molecule has 6 heteroatoms. The summed E-state index contributed by atoms with van der Waals surface area (Å²) in [6.07, 6.45) is 2.88. The molecule has 1 saturated heterocycles. The summed E-state index contributed by atoms with van der Waals surface area (Å²) >= 11 is 6.14. The molecule has 4 atom stereocenters. The van der Waals surface area contributed by atoms with Crippen LogP contribution in [0.3, 0.4) is 0 Å². The molecule has 1 aromatic carbocycles. The third-order valence-corrected chi connectivity index (χ3v) is 6.82. The monoisotopic (exact) mass is 376 g/mol. The molecule has 0 radical (unpaired) electrons. The van der Waals surface area contributed by atoms with E-state index in [4.69, 9.17) is 11.6 Å². The highest BCUT2D eigenvalue weighted by Crippen LogP contribution is 2.53. The van der Waals surface area contributed by atoms with Crippen LogP contribution < -0.4 is 4.90 Å². The van der Waals surface area contributed by atoms with Gasteiger partial charge in [-0.3, -0.25) is 9.59 Å². The van der Waals surface area contributed by atoms with Gasteiger partial charge in [-0.1, -0.05) is 17.7 Å². The van der Waals surface area contributed by atoms with Crippen molar-refractivity contribution in [3.05, 3.63) is 28.8 Å². The second-order valence-corrected chi connectivity index (χ2v) is 8.40. The van der Waals surface area contributed by atoms with E-state index in [1.165, 1.54) is 5.56 Å². The van der Waals surface area contributed by atoms with Crippen LogP contribution in [0.5, 0.6) is 0 Å². The average molecular weight is 377 g/mol. The lowest BCUT2D eigenvalue weighted by Crippen LogP contribution is -2.52. The summed E-state index contributed by atoms with van der Waals surface area (Å²) in [7, 11) is 0. The van der Waals surface area contributed by atoms with Gasteiger partial charge in [-0.2, -0.15) is 0 Å². The molecule has 0 aromatic heterocycles. The van der Waals surface area contributed by atoms with E-state index in [-0.39, 0.29) is 23.7 Å². The molecule has 0 unspecified atom stereocenters. The number of carboxylic acid groups (broad SMARTS) is 1. The Labute approximate surface area is 158 Å². The van der Waals surface area contributed by atoms with Gasteiger partial charge in [0.05, 0.1) is 11.8 Å². The maximum Gasteiger partial charge on any atom is 0.307 e. The minimum absolute atomic E-state index is 0.0621. The second-order valence-electron chi connectivity index (χ2n) is 7.97. The van der Waals surface area contributed by atoms with Crippen LogP contribution in [0.1, 0.15) is 24.8 Å². The number of rotatable bonds is 3. The predicted molar refractivity (Wildman–Crippen MR) is 100 cm³/mol. The molecular formula is C20H25ClN2O3. The van der Waals surface area contributed by atoms with Crippen LogP contribution in [0.2, 0.25) is 5.02 Å². The molecule has 1 amide bonds. The van der Waals surface area contributed by atoms with E-state index in [1.807, 2.05) is 23.1 Å². The Bertz CT molecular complexity index is 730. The van der Waals surface area contributed by atoms with Crippen molar-refractivity contribution < 1.29 is 14.7 Å². The standard InChI is InChI=1S/C20H25ClN2O3/c1-12-2-5-15(21)11-16(12)22-6-8-23(9-7-22)19(24)17-13-3-4-14(10-13)18(17)20(25)26/h2,5,11,13-14,17-18H,3-4,6-10H2,1H3,(H,25,26)/t13-,14-,17+,18-/m0/s1. The lowest BCUT2D eigenvalue weighted by molar-refractivity contribution is -0.153. The number of carbonyl (C=O) groups is 2. The molecule has 1 heterocycles. The smallest absolute Gasteiger partial charge is 0.307 e. The van der Waals surface area contributed by atoms with Crippen molar-refractivity contribution in [3.63, 3.8) is 0 Å². The number of aliphatic carboxylic acids is 1. The Morgan fingerprint density at radius 2 is 1.73 bits per heavy atom. The number of nitrogens with zero attached hydrogens (tertiary/aromatic N) is 2. The fourth-order valence-electron chi connectivity index (χ4n) is 5.30. The normalized spacial score (nSPS) is 30.7. The van der Waals surface area contributed by atoms with E-state index in [1.54, 1.807) is 0 Å². The van der Waals surface area contributed by atoms with Crippen LogP contribution >= 0.6 is 11.6 Å². The second kappa shape index (κ2) is 6.76. The van der Waals surface area contributed by atoms with Gasteiger partial charge in [0, 0.05) is 36.9 Å². The zero-order valence-electron chi connectivity index (χ0n) is 15.0. The molecule has 140 valence electrons. The first-order chi connectivity index (χ1) is 12.5. The lowest BCUT2D eigenvalue weighted by Gasteiger charge is -2.39. The van der Waals surface area contributed by atoms with Gasteiger partial charge in [-0.15, -0.1) is 0 Å². The van der Waals surface area contributed by atoms with Gasteiger partial charge in [0.1, 0.15) is 0 Å². The number of amides is 1. The first-order valence-corrected chi connectivity index (χ1v) is 9.86. The van der Waals surface area contributed by atoms with E-state index in [2.05, 4.69) is 11.8 Å². The van der Waals surface area contributed by atoms with E-state index in [9.17, 15) is 14.7 Å². The number of aryl methyl sites for hydroxylation is 1. The summed E-state index contributed by atoms with van der Waals surface area (Å²) in [5, 5.41) is 10.3. The van der Waals surface area contributed by atoms with Crippen LogP contribution in [0.15, 0.2) is 18.2 Å². The third-order valence-electron chi connectivity index (χ3n) is 6.59. The molecule has 2 saturated carbocycles. The average Bonchev–Trinajstić information content (AvgIpc) is 3.24. The molecule has 1 aromatic rings. The molecule has 26 heavy (non-hydrogen) atoms. The molecule has 2 bridgehead atoms. The first kappa shape index (κ1) is 17.7. The Morgan fingerprint density at radius 3 is 2.38 bits per heavy atom. The molecule has 3 fully saturated rings. The molecule has 5 nitrogen and oxygen atoms in total. The van der Waals surface area contributed by atoms with E-state index >= 15 is 0 Å². The molecular weight excluding hydrogens is 352 g/mol. The SMILES string of the molecule is Cc1ccc(Cl)cc1N1CCN(C(=O)[C@@H]2[C@H]3CC[C@@H](C3)[C@@H]2C(=O)O)CC1. The Hall–Kier alpha value is -1.75. The molecule has 2 aliphatic carbocycles. The minimum atomic E-state index is -0.788. The molecule has 0 spiro atoms. The summed E-state index contributed by atoms with van der Waals surface area (Å²) in [6, 6.07) is 5.88. The summed E-state index contributed by atoms with van der Waals surface area (Å²) in [5.41, 5.74) is 2.29. The summed E-state index contributed by atoms with van der Waals surface area (Å²) in [4.78, 5) is 28.9. The summed E-state index contributed by atoms with van der Waals surface area (Å²) < 4.78 is 0. The van der Waals surface area contributed by atoms with Crippen LogP contribution in [0.25, 0.3) is 0 Å². The highest BCUT2D eigenvalue weighted by Gasteiger charge is 2.54. The van der Waals surface area contributed by atoms with Crippen molar-refractivity contribution in [2.75, 3.05) is 31.1 Å². The van der Waals surface area contributed by atoms with Crippen molar-refractivity contribution in [3.8, 4) is 0 Å². The Balaban J connectivity index is 1.44. The zero-order valence-corrected chi connectivity index (χ0v) is 15.8. The topological polar surface area (TPSA) is 60.9 Å². The van der Waals surface area contributed by atoms with Crippen LogP contribution in [-0.4, -0.2) is 48.1 Å². The van der Waals surface area contributed by atoms with Crippen molar-refractivity contribution in [2.24, 2.45) is 23.7 Å². The van der Waals surface area contributed by atoms with Gasteiger partial charge in [-0.25, -0.2) is 0 Å². The number of hydrogen-bond acceptors (Lipinski definition) is 3. The molecule has 3 aliphatic rings. The highest BCUT2D eigenvalue weighted by molar-refractivity contribution is 6.30. The van der Waals surface area contributed by atoms with Crippen LogP contribution in [-0.2, 0) is 9.59 Å². The maximum absolute atomic E-state index is 13.1. The van der Waals surface area contributed by atoms with Crippen LogP contribution in [0, 0.1) is 30.6 Å². The Kier molecular flexibility index (Phi) is 4.59. The minimum Gasteiger partial charge on any atom is -0.481 e. The fourth-order valence-corrected chi connectivity index (χ4v) is 5.47. The van der Waals surface area contributed by atoms with Gasteiger partial charge < -0.3 is 14.9 Å². The Morgan fingerprint density at radius 1 is 1.08 bits per heavy atom. The van der Waals surface area contributed by atoms with Gasteiger partial charge in [0.2, 0.25) is 5.91 Å². The molecule has 4 rings (SSSR count). The van der Waals surface area contributed by atoms with Gasteiger partial charge in [-0.05, 0) is 55.7 Å². The number of piperazine rings is 1. The summed E-state index contributed by atoms with van der Waals surface area (Å²) in [5.74, 6) is -1.06. The first-order valence-electron chi connectivity index (χ1n) is 9.48. The number of anilines is 1. The zero-order chi connectivity index (χ0) is 18.4. The largest absolute Gasteiger partial charge is 0.481 e. The maximum atomic E-state index is 13.1. The van der Waals surface area contributed by atoms with Gasteiger partial charge >= 0.3 is 5.97 Å². The highest BCUT2D eigenvalue weighted by atomic mass is 35.5.